The van der Waals surface area contributed by atoms with Gasteiger partial charge in [0.2, 0.25) is 0 Å². The van der Waals surface area contributed by atoms with Crippen LogP contribution in [0.5, 0.6) is 0 Å². The summed E-state index contributed by atoms with van der Waals surface area (Å²) in [5.74, 6) is 0. The lowest BCUT2D eigenvalue weighted by Gasteiger charge is -2.26. The minimum atomic E-state index is 1.07. The summed E-state index contributed by atoms with van der Waals surface area (Å²) in [4.78, 5) is 2.19. The van der Waals surface area contributed by atoms with Crippen molar-refractivity contribution in [3.8, 4) is 0 Å². The van der Waals surface area contributed by atoms with Gasteiger partial charge in [0, 0.05) is 13.3 Å². The van der Waals surface area contributed by atoms with Gasteiger partial charge in [0.1, 0.15) is 0 Å². The summed E-state index contributed by atoms with van der Waals surface area (Å²) < 4.78 is 0. The highest BCUT2D eigenvalue weighted by Crippen LogP contribution is 1.81. The lowest BCUT2D eigenvalue weighted by Crippen LogP contribution is -2.48. The fourth-order valence-corrected chi connectivity index (χ4v) is 0.335. The molecule has 1 saturated heterocycles. The Morgan fingerprint density at radius 2 is 2.00 bits per heavy atom. The van der Waals surface area contributed by atoms with Crippen LogP contribution in [0.2, 0.25) is 0 Å². The Bertz CT molecular complexity index is 31.9. The second-order valence-electron chi connectivity index (χ2n) is 1.42. The highest BCUT2D eigenvalue weighted by Gasteiger charge is 2.02. The normalized spacial score (nSPS) is 25.8. The molecule has 0 amide bonds. The van der Waals surface area contributed by atoms with Crippen LogP contribution in [0.1, 0.15) is 0 Å². The zero-order valence-corrected chi connectivity index (χ0v) is 3.36. The molecule has 1 aliphatic heterocycles. The minimum absolute atomic E-state index is 1.07. The Morgan fingerprint density at radius 1 is 1.60 bits per heavy atom. The molecule has 1 rings (SSSR count). The van der Waals surface area contributed by atoms with Crippen LogP contribution in [-0.2, 0) is 0 Å². The fraction of sp³-hybridized carbons (Fsp3) is 1.00. The zero-order chi connectivity index (χ0) is 3.70. The Balaban J connectivity index is 2.08. The first kappa shape index (κ1) is 3.12. The van der Waals surface area contributed by atoms with E-state index in [4.69, 9.17) is 0 Å². The average Bonchev–Trinajstić information content (AvgIpc) is 1.30. The molecule has 0 aromatic carbocycles. The molecule has 1 fully saturated rings. The smallest absolute Gasteiger partial charge is 0.0499 e. The molecule has 1 aliphatic rings. The van der Waals surface area contributed by atoms with Crippen molar-refractivity contribution in [2.24, 2.45) is 0 Å². The predicted molar refractivity (Wildman–Crippen MR) is 20.6 cm³/mol. The molecule has 2 nitrogen and oxygen atoms in total. The third-order valence-electron chi connectivity index (χ3n) is 0.763. The third kappa shape index (κ3) is 0.412. The average molecular weight is 72.1 g/mol. The van der Waals surface area contributed by atoms with Crippen LogP contribution in [0, 0.1) is 0 Å². The molecule has 0 radical (unpaired) electrons. The molecule has 0 atom stereocenters. The van der Waals surface area contributed by atoms with E-state index < -0.39 is 0 Å². The van der Waals surface area contributed by atoms with Gasteiger partial charge in [-0.3, -0.25) is 10.2 Å². The maximum absolute atomic E-state index is 3.09. The number of nitrogens with one attached hydrogen (secondary N) is 1. The molecule has 1 heterocycles. The largest absolute Gasteiger partial charge is 0.291 e. The van der Waals surface area contributed by atoms with E-state index in [2.05, 4.69) is 17.3 Å². The quantitative estimate of drug-likeness (QED) is 0.412. The van der Waals surface area contributed by atoms with Gasteiger partial charge in [-0.25, -0.2) is 0 Å². The van der Waals surface area contributed by atoms with Gasteiger partial charge in [0.05, 0.1) is 0 Å². The van der Waals surface area contributed by atoms with Crippen LogP contribution in [-0.4, -0.2) is 25.3 Å². The number of hydrogen-bond donors (Lipinski definition) is 1. The van der Waals surface area contributed by atoms with E-state index in [0.717, 1.165) is 13.3 Å². The molecule has 0 unspecified atom stereocenters. The van der Waals surface area contributed by atoms with E-state index >= 15 is 0 Å². The molecule has 0 aromatic rings. The third-order valence-corrected chi connectivity index (χ3v) is 0.763. The summed E-state index contributed by atoms with van der Waals surface area (Å²) in [7, 11) is 2.08. The minimum Gasteiger partial charge on any atom is -0.291 e. The van der Waals surface area contributed by atoms with Crippen LogP contribution in [0.3, 0.4) is 0 Å². The summed E-state index contributed by atoms with van der Waals surface area (Å²) in [6.07, 6.45) is 0. The lowest BCUT2D eigenvalue weighted by molar-refractivity contribution is 0.179. The highest BCUT2D eigenvalue weighted by molar-refractivity contribution is 4.54. The molecule has 30 valence electrons. The molecule has 0 aromatic heterocycles. The first-order chi connectivity index (χ1) is 2.39. The first-order valence-electron chi connectivity index (χ1n) is 1.79. The molecule has 2 heteroatoms. The van der Waals surface area contributed by atoms with Gasteiger partial charge in [-0.2, -0.15) is 0 Å². The Morgan fingerprint density at radius 3 is 2.00 bits per heavy atom. The standard InChI is InChI=1S/C3H8N2/c1-5-2-4-3-5/h4H,2-3H2,1H3. The summed E-state index contributed by atoms with van der Waals surface area (Å²) in [5, 5.41) is 3.09. The molecular formula is C3H8N2. The molecule has 0 spiro atoms. The maximum Gasteiger partial charge on any atom is 0.0499 e. The SMILES string of the molecule is CN1CNC1. The molecule has 5 heavy (non-hydrogen) atoms. The zero-order valence-electron chi connectivity index (χ0n) is 3.36. The van der Waals surface area contributed by atoms with Crippen LogP contribution in [0.25, 0.3) is 0 Å². The van der Waals surface area contributed by atoms with E-state index in [1.165, 1.54) is 0 Å². The summed E-state index contributed by atoms with van der Waals surface area (Å²) >= 11 is 0. The van der Waals surface area contributed by atoms with Crippen molar-refractivity contribution in [2.75, 3.05) is 20.4 Å². The van der Waals surface area contributed by atoms with E-state index in [9.17, 15) is 0 Å². The van der Waals surface area contributed by atoms with Crippen molar-refractivity contribution in [1.82, 2.24) is 10.2 Å². The van der Waals surface area contributed by atoms with Crippen LogP contribution in [0.4, 0.5) is 0 Å². The molecule has 0 bridgehead atoms. The number of rotatable bonds is 0. The van der Waals surface area contributed by atoms with E-state index in [1.54, 1.807) is 0 Å². The van der Waals surface area contributed by atoms with Gasteiger partial charge in [0.25, 0.3) is 0 Å². The molecule has 1 N–H and O–H groups in total. The monoisotopic (exact) mass is 72.1 g/mol. The van der Waals surface area contributed by atoms with Crippen molar-refractivity contribution < 1.29 is 0 Å². The first-order valence-corrected chi connectivity index (χ1v) is 1.79. The van der Waals surface area contributed by atoms with Crippen molar-refractivity contribution >= 4 is 0 Å². The van der Waals surface area contributed by atoms with Gasteiger partial charge in [-0.05, 0) is 7.05 Å². The summed E-state index contributed by atoms with van der Waals surface area (Å²) in [5.41, 5.74) is 0. The van der Waals surface area contributed by atoms with Crippen molar-refractivity contribution in [1.29, 1.82) is 0 Å². The maximum atomic E-state index is 3.09. The van der Waals surface area contributed by atoms with Crippen molar-refractivity contribution in [3.63, 3.8) is 0 Å². The van der Waals surface area contributed by atoms with Crippen LogP contribution >= 0.6 is 0 Å². The Kier molecular flexibility index (Phi) is 0.596. The second-order valence-corrected chi connectivity index (χ2v) is 1.42. The molecule has 0 aliphatic carbocycles. The Labute approximate surface area is 31.8 Å². The van der Waals surface area contributed by atoms with Crippen LogP contribution < -0.4 is 5.32 Å². The van der Waals surface area contributed by atoms with E-state index in [1.807, 2.05) is 0 Å². The number of hydrogen-bond acceptors (Lipinski definition) is 2. The van der Waals surface area contributed by atoms with Crippen LogP contribution in [0.15, 0.2) is 0 Å². The molecular weight excluding hydrogens is 64.0 g/mol. The van der Waals surface area contributed by atoms with Gasteiger partial charge in [-0.1, -0.05) is 0 Å². The second kappa shape index (κ2) is 0.954. The lowest BCUT2D eigenvalue weighted by atomic mass is 10.7. The van der Waals surface area contributed by atoms with E-state index in [0.29, 0.717) is 0 Å². The van der Waals surface area contributed by atoms with Gasteiger partial charge in [-0.15, -0.1) is 0 Å². The van der Waals surface area contributed by atoms with Crippen molar-refractivity contribution in [2.45, 2.75) is 0 Å². The van der Waals surface area contributed by atoms with Gasteiger partial charge < -0.3 is 0 Å². The fourth-order valence-electron chi connectivity index (χ4n) is 0.335. The number of nitrogens with zero attached hydrogens (tertiary/aromatic N) is 1. The summed E-state index contributed by atoms with van der Waals surface area (Å²) in [6, 6.07) is 0. The highest BCUT2D eigenvalue weighted by atomic mass is 15.4. The van der Waals surface area contributed by atoms with Crippen molar-refractivity contribution in [3.05, 3.63) is 0 Å². The topological polar surface area (TPSA) is 15.3 Å². The van der Waals surface area contributed by atoms with Gasteiger partial charge >= 0.3 is 0 Å². The molecule has 0 saturated carbocycles. The predicted octanol–water partition coefficient (Wildman–Crippen LogP) is -0.564. The van der Waals surface area contributed by atoms with Gasteiger partial charge in [0.15, 0.2) is 0 Å². The van der Waals surface area contributed by atoms with E-state index in [-0.39, 0.29) is 0 Å². The Hall–Kier alpha value is -0.0800. The summed E-state index contributed by atoms with van der Waals surface area (Å²) in [6.45, 7) is 2.14.